The maximum absolute atomic E-state index is 5.84. The molecule has 138 valence electrons. The zero-order chi connectivity index (χ0) is 18.1. The summed E-state index contributed by atoms with van der Waals surface area (Å²) in [4.78, 5) is 2.65. The van der Waals surface area contributed by atoms with Gasteiger partial charge in [0, 0.05) is 36.9 Å². The highest BCUT2D eigenvalue weighted by Crippen LogP contribution is 2.37. The van der Waals surface area contributed by atoms with Crippen LogP contribution in [0.3, 0.4) is 0 Å². The van der Waals surface area contributed by atoms with Gasteiger partial charge < -0.3 is 4.52 Å². The molecule has 2 aliphatic rings. The Bertz CT molecular complexity index is 848. The molecule has 2 aromatic carbocycles. The lowest BCUT2D eigenvalue weighted by molar-refractivity contribution is 0.184. The molecule has 1 atom stereocenters. The van der Waals surface area contributed by atoms with Crippen LogP contribution in [0.25, 0.3) is 0 Å². The third-order valence-corrected chi connectivity index (χ3v) is 6.99. The molecule has 3 nitrogen and oxygen atoms in total. The smallest absolute Gasteiger partial charge is 0.142 e. The first-order valence-electron chi connectivity index (χ1n) is 9.79. The quantitative estimate of drug-likeness (QED) is 0.659. The van der Waals surface area contributed by atoms with Crippen LogP contribution >= 0.6 is 11.8 Å². The molecule has 0 amide bonds. The van der Waals surface area contributed by atoms with Gasteiger partial charge in [0.05, 0.1) is 5.92 Å². The summed E-state index contributed by atoms with van der Waals surface area (Å²) >= 11 is 2.08. The first kappa shape index (κ1) is 17.1. The van der Waals surface area contributed by atoms with Gasteiger partial charge in [0.1, 0.15) is 11.5 Å². The van der Waals surface area contributed by atoms with E-state index in [0.717, 1.165) is 31.0 Å². The maximum atomic E-state index is 5.84. The third-order valence-electron chi connectivity index (χ3n) is 5.85. The van der Waals surface area contributed by atoms with Crippen molar-refractivity contribution in [1.82, 2.24) is 10.1 Å². The second-order valence-electron chi connectivity index (χ2n) is 7.46. The van der Waals surface area contributed by atoms with Crippen molar-refractivity contribution >= 4 is 11.8 Å². The predicted octanol–water partition coefficient (Wildman–Crippen LogP) is 4.72. The van der Waals surface area contributed by atoms with Gasteiger partial charge in [-0.2, -0.15) is 11.8 Å². The largest absolute Gasteiger partial charge is 0.361 e. The third kappa shape index (κ3) is 3.32. The molecule has 0 spiro atoms. The normalized spacial score (nSPS) is 20.1. The summed E-state index contributed by atoms with van der Waals surface area (Å²) in [6.45, 7) is 2.06. The van der Waals surface area contributed by atoms with E-state index in [9.17, 15) is 0 Å². The average molecular weight is 377 g/mol. The van der Waals surface area contributed by atoms with Crippen molar-refractivity contribution in [2.75, 3.05) is 18.1 Å². The van der Waals surface area contributed by atoms with Crippen LogP contribution in [0.2, 0.25) is 0 Å². The Kier molecular flexibility index (Phi) is 4.76. The van der Waals surface area contributed by atoms with Crippen LogP contribution in [0, 0.1) is 0 Å². The van der Waals surface area contributed by atoms with Gasteiger partial charge in [0.2, 0.25) is 0 Å². The van der Waals surface area contributed by atoms with Crippen molar-refractivity contribution in [3.8, 4) is 0 Å². The summed E-state index contributed by atoms with van der Waals surface area (Å²) in [7, 11) is 0. The monoisotopic (exact) mass is 376 g/mol. The van der Waals surface area contributed by atoms with Gasteiger partial charge in [-0.3, -0.25) is 4.90 Å². The topological polar surface area (TPSA) is 29.3 Å². The minimum Gasteiger partial charge on any atom is -0.361 e. The Morgan fingerprint density at radius 1 is 1.00 bits per heavy atom. The summed E-state index contributed by atoms with van der Waals surface area (Å²) in [5.41, 5.74) is 4.95. The number of nitrogens with zero attached hydrogens (tertiary/aromatic N) is 2. The minimum absolute atomic E-state index is 0.123. The van der Waals surface area contributed by atoms with Crippen molar-refractivity contribution in [3.63, 3.8) is 0 Å². The lowest BCUT2D eigenvalue weighted by Gasteiger charge is -2.31. The van der Waals surface area contributed by atoms with Gasteiger partial charge in [-0.05, 0) is 23.3 Å². The van der Waals surface area contributed by atoms with Crippen molar-refractivity contribution in [2.24, 2.45) is 0 Å². The SMILES string of the molecule is c1ccc(C(c2ccccc2)c2noc3c2CN(C2CCSC2)CC3)cc1. The van der Waals surface area contributed by atoms with E-state index in [2.05, 4.69) is 82.5 Å². The minimum atomic E-state index is 0.123. The summed E-state index contributed by atoms with van der Waals surface area (Å²) in [6.07, 6.45) is 2.28. The van der Waals surface area contributed by atoms with Crippen molar-refractivity contribution in [3.05, 3.63) is 88.8 Å². The van der Waals surface area contributed by atoms with Crippen LogP contribution in [0.1, 0.15) is 40.5 Å². The molecule has 27 heavy (non-hydrogen) atoms. The van der Waals surface area contributed by atoms with E-state index >= 15 is 0 Å². The standard InChI is InChI=1S/C23H24N2OS/c1-3-7-17(8-4-1)22(18-9-5-2-6-10-18)23-20-15-25(19-12-14-27-16-19)13-11-21(20)26-24-23/h1-10,19,22H,11-16H2. The second kappa shape index (κ2) is 7.53. The molecule has 0 aliphatic carbocycles. The van der Waals surface area contributed by atoms with Crippen LogP contribution in [0.15, 0.2) is 65.2 Å². The molecular weight excluding hydrogens is 352 g/mol. The molecule has 0 N–H and O–H groups in total. The number of thioether (sulfide) groups is 1. The summed E-state index contributed by atoms with van der Waals surface area (Å²) in [5, 5.41) is 4.61. The highest BCUT2D eigenvalue weighted by Gasteiger charge is 2.33. The lowest BCUT2D eigenvalue weighted by Crippen LogP contribution is -2.39. The maximum Gasteiger partial charge on any atom is 0.142 e. The fourth-order valence-electron chi connectivity index (χ4n) is 4.40. The first-order chi connectivity index (χ1) is 13.4. The van der Waals surface area contributed by atoms with Crippen LogP contribution in [-0.2, 0) is 13.0 Å². The van der Waals surface area contributed by atoms with E-state index in [1.807, 2.05) is 0 Å². The molecule has 1 unspecified atom stereocenters. The van der Waals surface area contributed by atoms with Crippen LogP contribution < -0.4 is 0 Å². The molecule has 2 aliphatic heterocycles. The van der Waals surface area contributed by atoms with Gasteiger partial charge in [0.15, 0.2) is 0 Å². The number of fused-ring (bicyclic) bond motifs is 1. The van der Waals surface area contributed by atoms with Crippen LogP contribution in [-0.4, -0.2) is 34.1 Å². The molecule has 3 heterocycles. The molecule has 1 saturated heterocycles. The number of hydrogen-bond donors (Lipinski definition) is 0. The molecule has 0 bridgehead atoms. The Morgan fingerprint density at radius 2 is 1.70 bits per heavy atom. The molecule has 0 radical (unpaired) electrons. The molecular formula is C23H24N2OS. The van der Waals surface area contributed by atoms with E-state index in [-0.39, 0.29) is 5.92 Å². The van der Waals surface area contributed by atoms with E-state index in [4.69, 9.17) is 4.52 Å². The molecule has 1 fully saturated rings. The predicted molar refractivity (Wildman–Crippen MR) is 110 cm³/mol. The molecule has 4 heteroatoms. The number of hydrogen-bond acceptors (Lipinski definition) is 4. The van der Waals surface area contributed by atoms with E-state index < -0.39 is 0 Å². The first-order valence-corrected chi connectivity index (χ1v) is 10.9. The zero-order valence-corrected chi connectivity index (χ0v) is 16.2. The van der Waals surface area contributed by atoms with E-state index in [0.29, 0.717) is 6.04 Å². The number of aromatic nitrogens is 1. The molecule has 1 aromatic heterocycles. The Hall–Kier alpha value is -2.04. The van der Waals surface area contributed by atoms with Crippen molar-refractivity contribution in [2.45, 2.75) is 31.3 Å². The van der Waals surface area contributed by atoms with Gasteiger partial charge >= 0.3 is 0 Å². The summed E-state index contributed by atoms with van der Waals surface area (Å²) < 4.78 is 5.84. The van der Waals surface area contributed by atoms with Gasteiger partial charge in [-0.25, -0.2) is 0 Å². The highest BCUT2D eigenvalue weighted by atomic mass is 32.2. The van der Waals surface area contributed by atoms with Crippen LogP contribution in [0.5, 0.6) is 0 Å². The van der Waals surface area contributed by atoms with Gasteiger partial charge in [-0.1, -0.05) is 65.8 Å². The second-order valence-corrected chi connectivity index (χ2v) is 8.61. The Morgan fingerprint density at radius 3 is 2.33 bits per heavy atom. The zero-order valence-electron chi connectivity index (χ0n) is 15.4. The van der Waals surface area contributed by atoms with Gasteiger partial charge in [0.25, 0.3) is 0 Å². The fraction of sp³-hybridized carbons (Fsp3) is 0.348. The summed E-state index contributed by atoms with van der Waals surface area (Å²) in [6, 6.07) is 22.1. The van der Waals surface area contributed by atoms with Crippen LogP contribution in [0.4, 0.5) is 0 Å². The molecule has 0 saturated carbocycles. The molecule has 3 aromatic rings. The molecule has 5 rings (SSSR count). The van der Waals surface area contributed by atoms with E-state index in [1.165, 1.54) is 34.6 Å². The van der Waals surface area contributed by atoms with E-state index in [1.54, 1.807) is 0 Å². The Balaban J connectivity index is 1.55. The Labute approximate surface area is 164 Å². The fourth-order valence-corrected chi connectivity index (χ4v) is 5.65. The highest BCUT2D eigenvalue weighted by molar-refractivity contribution is 7.99. The lowest BCUT2D eigenvalue weighted by atomic mass is 9.85. The number of benzene rings is 2. The summed E-state index contributed by atoms with van der Waals surface area (Å²) in [5.74, 6) is 3.76. The van der Waals surface area contributed by atoms with Crippen molar-refractivity contribution in [1.29, 1.82) is 0 Å². The van der Waals surface area contributed by atoms with Crippen molar-refractivity contribution < 1.29 is 4.52 Å². The average Bonchev–Trinajstić information content (AvgIpc) is 3.40. The van der Waals surface area contributed by atoms with Gasteiger partial charge in [-0.15, -0.1) is 0 Å². The number of rotatable bonds is 4.